The molecule has 1 aromatic heterocycles. The number of rotatable bonds is 6. The topological polar surface area (TPSA) is 99.3 Å². The van der Waals surface area contributed by atoms with Crippen molar-refractivity contribution < 1.29 is 19.1 Å². The fourth-order valence-corrected chi connectivity index (χ4v) is 4.89. The van der Waals surface area contributed by atoms with Crippen LogP contribution in [0.4, 0.5) is 10.5 Å². The molecule has 0 saturated carbocycles. The van der Waals surface area contributed by atoms with Gasteiger partial charge in [0.25, 0.3) is 5.91 Å². The number of halogens is 2. The van der Waals surface area contributed by atoms with Crippen LogP contribution in [0.15, 0.2) is 59.8 Å². The van der Waals surface area contributed by atoms with E-state index in [-0.39, 0.29) is 31.5 Å². The summed E-state index contributed by atoms with van der Waals surface area (Å²) < 4.78 is 10.8. The van der Waals surface area contributed by atoms with E-state index in [1.54, 1.807) is 12.1 Å². The molecule has 11 heteroatoms. The standard InChI is InChI=1S/C28H26ClN5O4.ClH/c29-21-4-2-20(3-5-21)26-17-38-28(36)34(32-26)16-18-1-6-25-23(12-18)24(27(35)31-25)13-22-11-19(14-30-22)15-33-7-9-37-10-8-33;/h1-6,11-14,30H,7-10,15-17H2,(H,31,35);1H/b24-13-;. The summed E-state index contributed by atoms with van der Waals surface area (Å²) in [5, 5.41) is 9.37. The van der Waals surface area contributed by atoms with Gasteiger partial charge in [0, 0.05) is 53.4 Å². The van der Waals surface area contributed by atoms with E-state index in [4.69, 9.17) is 21.1 Å². The van der Waals surface area contributed by atoms with Crippen LogP contribution in [0.5, 0.6) is 0 Å². The summed E-state index contributed by atoms with van der Waals surface area (Å²) in [7, 11) is 0. The molecule has 1 fully saturated rings. The lowest BCUT2D eigenvalue weighted by molar-refractivity contribution is -0.110. The smallest absolute Gasteiger partial charge is 0.431 e. The van der Waals surface area contributed by atoms with Gasteiger partial charge in [-0.25, -0.2) is 4.79 Å². The molecule has 0 aliphatic carbocycles. The largest absolute Gasteiger partial charge is 0.442 e. The number of aromatic amines is 1. The van der Waals surface area contributed by atoms with Crippen LogP contribution in [-0.2, 0) is 27.4 Å². The Bertz CT molecular complexity index is 1440. The van der Waals surface area contributed by atoms with Crippen molar-refractivity contribution in [2.75, 3.05) is 38.2 Å². The van der Waals surface area contributed by atoms with Crippen LogP contribution < -0.4 is 5.32 Å². The van der Waals surface area contributed by atoms with E-state index in [0.717, 1.165) is 66.5 Å². The van der Waals surface area contributed by atoms with Crippen LogP contribution in [0.3, 0.4) is 0 Å². The van der Waals surface area contributed by atoms with E-state index in [2.05, 4.69) is 26.4 Å². The number of fused-ring (bicyclic) bond motifs is 1. The van der Waals surface area contributed by atoms with E-state index in [9.17, 15) is 9.59 Å². The number of morpholine rings is 1. The molecular weight excluding hydrogens is 541 g/mol. The summed E-state index contributed by atoms with van der Waals surface area (Å²) in [6, 6.07) is 14.9. The van der Waals surface area contributed by atoms with Gasteiger partial charge in [-0.2, -0.15) is 10.1 Å². The quantitative estimate of drug-likeness (QED) is 0.418. The average Bonchev–Trinajstić information content (AvgIpc) is 3.50. The zero-order chi connectivity index (χ0) is 26.1. The summed E-state index contributed by atoms with van der Waals surface area (Å²) >= 11 is 5.99. The normalized spacial score (nSPS) is 18.3. The van der Waals surface area contributed by atoms with E-state index in [0.29, 0.717) is 16.3 Å². The predicted octanol–water partition coefficient (Wildman–Crippen LogP) is 4.77. The highest BCUT2D eigenvalue weighted by Gasteiger charge is 2.27. The van der Waals surface area contributed by atoms with Crippen LogP contribution in [0.25, 0.3) is 11.6 Å². The molecule has 0 bridgehead atoms. The first-order valence-electron chi connectivity index (χ1n) is 12.4. The number of carbonyl (C=O) groups excluding carboxylic acids is 2. The first kappa shape index (κ1) is 27.0. The first-order chi connectivity index (χ1) is 18.5. The van der Waals surface area contributed by atoms with Crippen LogP contribution in [-0.4, -0.2) is 65.5 Å². The maximum Gasteiger partial charge on any atom is 0.431 e. The summed E-state index contributed by atoms with van der Waals surface area (Å²) in [4.78, 5) is 30.9. The third kappa shape index (κ3) is 6.02. The molecule has 9 nitrogen and oxygen atoms in total. The molecule has 1 saturated heterocycles. The Morgan fingerprint density at radius 1 is 1.00 bits per heavy atom. The van der Waals surface area contributed by atoms with Gasteiger partial charge in [-0.1, -0.05) is 29.8 Å². The summed E-state index contributed by atoms with van der Waals surface area (Å²) in [6.07, 6.45) is 3.32. The molecule has 0 radical (unpaired) electrons. The number of hydrogen-bond donors (Lipinski definition) is 2. The van der Waals surface area contributed by atoms with Gasteiger partial charge in [0.15, 0.2) is 0 Å². The molecule has 39 heavy (non-hydrogen) atoms. The highest BCUT2D eigenvalue weighted by Crippen LogP contribution is 2.34. The van der Waals surface area contributed by atoms with Crippen LogP contribution >= 0.6 is 24.0 Å². The summed E-state index contributed by atoms with van der Waals surface area (Å²) in [5.74, 6) is -0.165. The molecule has 0 atom stereocenters. The van der Waals surface area contributed by atoms with Crippen molar-refractivity contribution in [3.63, 3.8) is 0 Å². The van der Waals surface area contributed by atoms with Crippen molar-refractivity contribution in [2.45, 2.75) is 13.1 Å². The zero-order valence-electron chi connectivity index (χ0n) is 21.0. The number of benzene rings is 2. The van der Waals surface area contributed by atoms with E-state index < -0.39 is 6.09 Å². The molecule has 3 aliphatic heterocycles. The van der Waals surface area contributed by atoms with Gasteiger partial charge in [-0.3, -0.25) is 9.69 Å². The fraction of sp³-hybridized carbons (Fsp3) is 0.250. The third-order valence-electron chi connectivity index (χ3n) is 6.74. The molecule has 3 aromatic rings. The highest BCUT2D eigenvalue weighted by atomic mass is 35.5. The Kier molecular flexibility index (Phi) is 8.04. The number of carbonyl (C=O) groups is 2. The van der Waals surface area contributed by atoms with Gasteiger partial charge in [0.1, 0.15) is 12.3 Å². The Labute approximate surface area is 236 Å². The Balaban J connectivity index is 0.00000308. The molecule has 3 aliphatic rings. The molecule has 2 N–H and O–H groups in total. The molecule has 6 rings (SSSR count). The number of hydrazone groups is 1. The van der Waals surface area contributed by atoms with E-state index in [1.807, 2.05) is 42.6 Å². The predicted molar refractivity (Wildman–Crippen MR) is 152 cm³/mol. The van der Waals surface area contributed by atoms with Gasteiger partial charge in [-0.05, 0) is 47.5 Å². The minimum atomic E-state index is -0.521. The van der Waals surface area contributed by atoms with Crippen LogP contribution in [0.2, 0.25) is 5.02 Å². The number of hydrogen-bond acceptors (Lipinski definition) is 6. The third-order valence-corrected chi connectivity index (χ3v) is 6.99. The maximum absolute atomic E-state index is 12.8. The summed E-state index contributed by atoms with van der Waals surface area (Å²) in [6.45, 7) is 4.46. The van der Waals surface area contributed by atoms with Gasteiger partial charge in [-0.15, -0.1) is 12.4 Å². The number of anilines is 1. The number of H-pyrrole nitrogens is 1. The highest BCUT2D eigenvalue weighted by molar-refractivity contribution is 6.34. The van der Waals surface area contributed by atoms with Crippen LogP contribution in [0, 0.1) is 0 Å². The Morgan fingerprint density at radius 2 is 1.79 bits per heavy atom. The van der Waals surface area contributed by atoms with Gasteiger partial charge < -0.3 is 19.8 Å². The maximum atomic E-state index is 12.8. The van der Waals surface area contributed by atoms with Gasteiger partial charge >= 0.3 is 6.09 Å². The Hall–Kier alpha value is -3.63. The molecule has 2 aromatic carbocycles. The number of cyclic esters (lactones) is 1. The minimum Gasteiger partial charge on any atom is -0.442 e. The lowest BCUT2D eigenvalue weighted by Gasteiger charge is -2.25. The van der Waals surface area contributed by atoms with Crippen molar-refractivity contribution in [3.05, 3.63) is 87.7 Å². The first-order valence-corrected chi connectivity index (χ1v) is 12.8. The Morgan fingerprint density at radius 3 is 2.59 bits per heavy atom. The molecule has 0 spiro atoms. The number of nitrogens with zero attached hydrogens (tertiary/aromatic N) is 3. The van der Waals surface area contributed by atoms with Crippen molar-refractivity contribution in [1.82, 2.24) is 14.9 Å². The van der Waals surface area contributed by atoms with Crippen LogP contribution in [0.1, 0.15) is 27.9 Å². The van der Waals surface area contributed by atoms with E-state index >= 15 is 0 Å². The monoisotopic (exact) mass is 567 g/mol. The number of nitrogens with one attached hydrogen (secondary N) is 2. The minimum absolute atomic E-state index is 0. The molecular formula is C28H27Cl2N5O4. The van der Waals surface area contributed by atoms with Crippen molar-refractivity contribution in [2.24, 2.45) is 5.10 Å². The van der Waals surface area contributed by atoms with Crippen molar-refractivity contribution in [3.8, 4) is 0 Å². The molecule has 202 valence electrons. The molecule has 0 unspecified atom stereocenters. The van der Waals surface area contributed by atoms with Gasteiger partial charge in [0.2, 0.25) is 0 Å². The van der Waals surface area contributed by atoms with Crippen molar-refractivity contribution in [1.29, 1.82) is 0 Å². The number of ether oxygens (including phenoxy) is 2. The van der Waals surface area contributed by atoms with Gasteiger partial charge in [0.05, 0.1) is 25.3 Å². The van der Waals surface area contributed by atoms with E-state index in [1.165, 1.54) is 5.01 Å². The second kappa shape index (κ2) is 11.6. The lowest BCUT2D eigenvalue weighted by Crippen LogP contribution is -2.35. The fourth-order valence-electron chi connectivity index (χ4n) is 4.76. The number of aromatic nitrogens is 1. The molecule has 4 heterocycles. The lowest BCUT2D eigenvalue weighted by atomic mass is 10.0. The second-order valence-electron chi connectivity index (χ2n) is 9.41. The molecule has 2 amide bonds. The zero-order valence-corrected chi connectivity index (χ0v) is 22.6. The second-order valence-corrected chi connectivity index (χ2v) is 9.85. The van der Waals surface area contributed by atoms with Crippen molar-refractivity contribution >= 4 is 59.1 Å². The SMILES string of the molecule is Cl.O=C1Nc2ccc(CN3N=C(c4ccc(Cl)cc4)COC3=O)cc2/C1=C/c1cc(CN2CCOCC2)c[nH]1. The average molecular weight is 568 g/mol. The summed E-state index contributed by atoms with van der Waals surface area (Å²) in [5.41, 5.74) is 6.38. The number of amides is 2.